The molecule has 136 valence electrons. The van der Waals surface area contributed by atoms with Crippen molar-refractivity contribution < 1.29 is 26.1 Å². The van der Waals surface area contributed by atoms with Gasteiger partial charge in [0.05, 0.1) is 11.3 Å². The number of aromatic nitrogens is 2. The van der Waals surface area contributed by atoms with Crippen LogP contribution in [0.25, 0.3) is 22.5 Å². The lowest BCUT2D eigenvalue weighted by Gasteiger charge is -2.07. The van der Waals surface area contributed by atoms with E-state index < -0.39 is 32.7 Å². The van der Waals surface area contributed by atoms with E-state index in [0.29, 0.717) is 5.69 Å². The highest BCUT2D eigenvalue weighted by atomic mass is 32.2. The molecule has 3 rings (SSSR count). The lowest BCUT2D eigenvalue weighted by Crippen LogP contribution is -2.01. The van der Waals surface area contributed by atoms with Crippen molar-refractivity contribution in [1.29, 1.82) is 0 Å². The molecule has 1 aromatic carbocycles. The van der Waals surface area contributed by atoms with Crippen molar-refractivity contribution in [2.75, 3.05) is 6.26 Å². The first-order valence-corrected chi connectivity index (χ1v) is 9.29. The summed E-state index contributed by atoms with van der Waals surface area (Å²) in [7, 11) is -3.79. The fraction of sp³-hybridized carbons (Fsp3) is 0.176. The van der Waals surface area contributed by atoms with Crippen molar-refractivity contribution in [3.8, 4) is 22.5 Å². The van der Waals surface area contributed by atoms with Crippen LogP contribution >= 0.6 is 0 Å². The third-order valence-corrected chi connectivity index (χ3v) is 4.80. The topological polar surface area (TPSA) is 73.1 Å². The fourth-order valence-corrected chi connectivity index (χ4v) is 3.27. The number of nitrogens with zero attached hydrogens (tertiary/aromatic N) is 2. The number of benzene rings is 1. The van der Waals surface area contributed by atoms with E-state index in [0.717, 1.165) is 18.4 Å². The monoisotopic (exact) mass is 382 g/mol. The molecule has 0 amide bonds. The Balaban J connectivity index is 2.24. The Bertz CT molecular complexity index is 1080. The molecule has 26 heavy (non-hydrogen) atoms. The Hall–Kier alpha value is -2.68. The summed E-state index contributed by atoms with van der Waals surface area (Å²) >= 11 is 0. The van der Waals surface area contributed by atoms with Crippen LogP contribution in [0.4, 0.5) is 13.2 Å². The number of hydrogen-bond acceptors (Lipinski definition) is 5. The van der Waals surface area contributed by atoms with E-state index in [1.165, 1.54) is 6.07 Å². The van der Waals surface area contributed by atoms with Gasteiger partial charge in [0, 0.05) is 11.9 Å². The molecule has 0 radical (unpaired) electrons. The lowest BCUT2D eigenvalue weighted by atomic mass is 10.0. The second kappa shape index (κ2) is 6.56. The molecule has 3 aromatic rings. The molecule has 5 nitrogen and oxygen atoms in total. The maximum absolute atomic E-state index is 14.2. The first kappa shape index (κ1) is 18.1. The summed E-state index contributed by atoms with van der Waals surface area (Å²) in [4.78, 5) is 3.70. The smallest absolute Gasteiger partial charge is 0.298 e. The average Bonchev–Trinajstić information content (AvgIpc) is 2.98. The molecule has 0 bridgehead atoms. The Morgan fingerprint density at radius 3 is 2.46 bits per heavy atom. The molecule has 2 heterocycles. The van der Waals surface area contributed by atoms with Gasteiger partial charge >= 0.3 is 0 Å². The molecule has 0 unspecified atom stereocenters. The third kappa shape index (κ3) is 3.34. The number of halogens is 3. The Labute approximate surface area is 147 Å². The van der Waals surface area contributed by atoms with Crippen LogP contribution < -0.4 is 0 Å². The minimum Gasteiger partial charge on any atom is -0.354 e. The Kier molecular flexibility index (Phi) is 4.57. The molecule has 0 aliphatic heterocycles. The summed E-state index contributed by atoms with van der Waals surface area (Å²) in [6, 6.07) is 8.08. The average molecular weight is 382 g/mol. The molecule has 0 atom stereocenters. The molecule has 0 aliphatic rings. The highest BCUT2D eigenvalue weighted by Crippen LogP contribution is 2.39. The second-order valence-electron chi connectivity index (χ2n) is 5.65. The zero-order valence-electron chi connectivity index (χ0n) is 13.7. The van der Waals surface area contributed by atoms with Crippen molar-refractivity contribution in [3.05, 3.63) is 53.7 Å². The SMILES string of the molecule is Cc1cccc(-c2noc(C(F)F)c2-c2ccc(S(C)(=O)=O)c(F)c2)n1. The van der Waals surface area contributed by atoms with Gasteiger partial charge in [0.15, 0.2) is 9.84 Å². The van der Waals surface area contributed by atoms with E-state index in [1.54, 1.807) is 25.1 Å². The molecule has 0 fully saturated rings. The molecule has 9 heteroatoms. The van der Waals surface area contributed by atoms with Crippen LogP contribution in [0.5, 0.6) is 0 Å². The van der Waals surface area contributed by atoms with Crippen LogP contribution in [-0.4, -0.2) is 24.8 Å². The van der Waals surface area contributed by atoms with Crippen molar-refractivity contribution in [3.63, 3.8) is 0 Å². The summed E-state index contributed by atoms with van der Waals surface area (Å²) in [5, 5.41) is 3.67. The van der Waals surface area contributed by atoms with Gasteiger partial charge in [0.1, 0.15) is 16.4 Å². The number of hydrogen-bond donors (Lipinski definition) is 0. The van der Waals surface area contributed by atoms with Crippen LogP contribution in [0.2, 0.25) is 0 Å². The summed E-state index contributed by atoms with van der Waals surface area (Å²) in [6.07, 6.45) is -2.13. The van der Waals surface area contributed by atoms with Crippen molar-refractivity contribution in [2.45, 2.75) is 18.2 Å². The number of aryl methyl sites for hydroxylation is 1. The fourth-order valence-electron chi connectivity index (χ4n) is 2.54. The summed E-state index contributed by atoms with van der Waals surface area (Å²) in [5.41, 5.74) is 0.828. The van der Waals surface area contributed by atoms with Gasteiger partial charge in [-0.15, -0.1) is 0 Å². The molecule has 0 spiro atoms. The minimum atomic E-state index is -3.79. The van der Waals surface area contributed by atoms with Crippen LogP contribution in [0, 0.1) is 12.7 Å². The van der Waals surface area contributed by atoms with Crippen LogP contribution in [0.1, 0.15) is 17.9 Å². The van der Waals surface area contributed by atoms with Crippen LogP contribution in [0.3, 0.4) is 0 Å². The zero-order valence-corrected chi connectivity index (χ0v) is 14.5. The van der Waals surface area contributed by atoms with Crippen LogP contribution in [0.15, 0.2) is 45.8 Å². The van der Waals surface area contributed by atoms with Crippen molar-refractivity contribution in [1.82, 2.24) is 10.1 Å². The normalized spacial score (nSPS) is 11.9. The summed E-state index contributed by atoms with van der Waals surface area (Å²) in [5.74, 6) is -1.79. The van der Waals surface area contributed by atoms with Gasteiger partial charge in [-0.2, -0.15) is 0 Å². The maximum atomic E-state index is 14.2. The highest BCUT2D eigenvalue weighted by Gasteiger charge is 2.27. The van der Waals surface area contributed by atoms with Gasteiger partial charge < -0.3 is 4.52 Å². The zero-order chi connectivity index (χ0) is 19.1. The predicted octanol–water partition coefficient (Wildman–Crippen LogP) is 4.19. The number of pyridine rings is 1. The molecule has 0 aliphatic carbocycles. The van der Waals surface area contributed by atoms with Crippen molar-refractivity contribution >= 4 is 9.84 Å². The van der Waals surface area contributed by atoms with Gasteiger partial charge in [0.25, 0.3) is 6.43 Å². The minimum absolute atomic E-state index is 0.0183. The first-order chi connectivity index (χ1) is 12.2. The number of sulfone groups is 1. The Morgan fingerprint density at radius 1 is 1.15 bits per heavy atom. The quantitative estimate of drug-likeness (QED) is 0.676. The predicted molar refractivity (Wildman–Crippen MR) is 87.9 cm³/mol. The second-order valence-corrected chi connectivity index (χ2v) is 7.64. The van der Waals surface area contributed by atoms with Gasteiger partial charge in [-0.3, -0.25) is 4.98 Å². The van der Waals surface area contributed by atoms with Gasteiger partial charge in [0.2, 0.25) is 5.76 Å². The van der Waals surface area contributed by atoms with E-state index in [4.69, 9.17) is 4.52 Å². The first-order valence-electron chi connectivity index (χ1n) is 7.40. The van der Waals surface area contributed by atoms with E-state index in [9.17, 15) is 21.6 Å². The van der Waals surface area contributed by atoms with E-state index in [-0.39, 0.29) is 22.5 Å². The molecule has 2 aromatic heterocycles. The molecule has 0 saturated carbocycles. The maximum Gasteiger partial charge on any atom is 0.298 e. The van der Waals surface area contributed by atoms with Gasteiger partial charge in [-0.1, -0.05) is 17.3 Å². The lowest BCUT2D eigenvalue weighted by molar-refractivity contribution is 0.113. The van der Waals surface area contributed by atoms with E-state index >= 15 is 0 Å². The largest absolute Gasteiger partial charge is 0.354 e. The summed E-state index contributed by atoms with van der Waals surface area (Å²) < 4.78 is 68.8. The molecular formula is C17H13F3N2O3S. The van der Waals surface area contributed by atoms with E-state index in [2.05, 4.69) is 10.1 Å². The molecule has 0 saturated heterocycles. The standard InChI is InChI=1S/C17H13F3N2O3S/c1-9-4-3-5-12(21-9)15-14(16(17(19)20)25-22-15)10-6-7-13(11(18)8-10)26(2,23)24/h3-8,17H,1-2H3. The third-order valence-electron chi connectivity index (χ3n) is 3.67. The van der Waals surface area contributed by atoms with Crippen molar-refractivity contribution in [2.24, 2.45) is 0 Å². The molecule has 0 N–H and O–H groups in total. The summed E-state index contributed by atoms with van der Waals surface area (Å²) in [6.45, 7) is 1.72. The Morgan fingerprint density at radius 2 is 1.88 bits per heavy atom. The number of alkyl halides is 2. The molecular weight excluding hydrogens is 369 g/mol. The van der Waals surface area contributed by atoms with Gasteiger partial charge in [-0.05, 0) is 36.8 Å². The number of rotatable bonds is 4. The van der Waals surface area contributed by atoms with E-state index in [1.807, 2.05) is 0 Å². The van der Waals surface area contributed by atoms with Gasteiger partial charge in [-0.25, -0.2) is 21.6 Å². The van der Waals surface area contributed by atoms with Crippen LogP contribution in [-0.2, 0) is 9.84 Å². The highest BCUT2D eigenvalue weighted by molar-refractivity contribution is 7.90.